The van der Waals surface area contributed by atoms with Gasteiger partial charge in [-0.2, -0.15) is 0 Å². The second kappa shape index (κ2) is 12.3. The Balaban J connectivity index is 0.000000443. The van der Waals surface area contributed by atoms with E-state index in [0.29, 0.717) is 23.2 Å². The van der Waals surface area contributed by atoms with Crippen molar-refractivity contribution in [2.24, 2.45) is 0 Å². The van der Waals surface area contributed by atoms with Gasteiger partial charge in [0.05, 0.1) is 0 Å². The summed E-state index contributed by atoms with van der Waals surface area (Å²) in [6.45, 7) is 8.13. The fourth-order valence-electron chi connectivity index (χ4n) is 1.71. The van der Waals surface area contributed by atoms with Crippen LogP contribution in [0.4, 0.5) is 0 Å². The van der Waals surface area contributed by atoms with E-state index in [9.17, 15) is 9.59 Å². The Kier molecular flexibility index (Phi) is 11.2. The van der Waals surface area contributed by atoms with Crippen LogP contribution in [-0.2, 0) is 26.4 Å². The number of carbonyl (C=O) groups is 2. The molecule has 2 aliphatic carbocycles. The largest absolute Gasteiger partial charge is 0.388 e. The molecule has 0 heterocycles. The molecule has 25 heavy (non-hydrogen) atoms. The van der Waals surface area contributed by atoms with Crippen LogP contribution in [0.1, 0.15) is 27.7 Å². The predicted molar refractivity (Wildman–Crippen MR) is 99.3 cm³/mol. The number of nitrogens with one attached hydrogen (secondary N) is 2. The first-order chi connectivity index (χ1) is 11.4. The van der Waals surface area contributed by atoms with E-state index < -0.39 is 0 Å². The Morgan fingerprint density at radius 1 is 0.680 bits per heavy atom. The summed E-state index contributed by atoms with van der Waals surface area (Å²) in [5.41, 5.74) is 1.43. The minimum absolute atomic E-state index is 0. The number of hydrogen-bond donors (Lipinski definition) is 2. The van der Waals surface area contributed by atoms with E-state index in [0.717, 1.165) is 0 Å². The summed E-state index contributed by atoms with van der Waals surface area (Å²) >= 11 is 0. The summed E-state index contributed by atoms with van der Waals surface area (Å²) in [4.78, 5) is 22.3. The number of hydrogen-bond acceptors (Lipinski definition) is 4. The van der Waals surface area contributed by atoms with E-state index in [1.54, 1.807) is 48.9 Å². The van der Waals surface area contributed by atoms with E-state index in [-0.39, 0.29) is 28.3 Å². The first-order valence-corrected chi connectivity index (χ1v) is 8.10. The summed E-state index contributed by atoms with van der Waals surface area (Å²) in [5.74, 6) is 0.122. The fourth-order valence-corrected chi connectivity index (χ4v) is 1.71. The summed E-state index contributed by atoms with van der Waals surface area (Å²) in [5, 5.41) is 6.16. The molecule has 0 fully saturated rings. The van der Waals surface area contributed by atoms with Gasteiger partial charge in [0.1, 0.15) is 0 Å². The second-order valence-electron chi connectivity index (χ2n) is 6.01. The molecule has 0 unspecified atom stereocenters. The zero-order valence-electron chi connectivity index (χ0n) is 15.1. The Hall–Kier alpha value is -2.11. The molecule has 137 valence electrons. The van der Waals surface area contributed by atoms with Crippen LogP contribution in [0.5, 0.6) is 0 Å². The quantitative estimate of drug-likeness (QED) is 0.730. The van der Waals surface area contributed by atoms with Crippen molar-refractivity contribution in [3.05, 3.63) is 72.2 Å². The van der Waals surface area contributed by atoms with Gasteiger partial charge in [0.25, 0.3) is 0 Å². The van der Waals surface area contributed by atoms with Gasteiger partial charge in [-0.05, 0) is 52.0 Å². The van der Waals surface area contributed by atoms with Crippen LogP contribution in [0.15, 0.2) is 72.2 Å². The topological polar surface area (TPSA) is 58.2 Å². The molecule has 0 spiro atoms. The first-order valence-electron chi connectivity index (χ1n) is 8.10. The summed E-state index contributed by atoms with van der Waals surface area (Å²) in [7, 11) is 0. The zero-order chi connectivity index (χ0) is 17.9. The van der Waals surface area contributed by atoms with Crippen molar-refractivity contribution in [1.82, 2.24) is 10.6 Å². The molecule has 2 aliphatic rings. The third-order valence-electron chi connectivity index (χ3n) is 2.98. The average Bonchev–Trinajstić information content (AvgIpc) is 2.54. The van der Waals surface area contributed by atoms with Crippen LogP contribution >= 0.6 is 0 Å². The fraction of sp³-hybridized carbons (Fsp3) is 0.300. The maximum Gasteiger partial charge on any atom is 0.187 e. The van der Waals surface area contributed by atoms with Crippen LogP contribution in [0, 0.1) is 0 Å². The van der Waals surface area contributed by atoms with Crippen molar-refractivity contribution >= 4 is 11.6 Å². The summed E-state index contributed by atoms with van der Waals surface area (Å²) in [6, 6.07) is 0.731. The number of allylic oxidation sites excluding steroid dienone is 10. The molecule has 2 N–H and O–H groups in total. The van der Waals surface area contributed by atoms with Crippen molar-refractivity contribution in [3.63, 3.8) is 0 Å². The Bertz CT molecular complexity index is 580. The van der Waals surface area contributed by atoms with Gasteiger partial charge in [-0.1, -0.05) is 24.3 Å². The third-order valence-corrected chi connectivity index (χ3v) is 2.98. The third kappa shape index (κ3) is 9.69. The van der Waals surface area contributed by atoms with Crippen LogP contribution < -0.4 is 10.6 Å². The molecule has 0 bridgehead atoms. The van der Waals surface area contributed by atoms with Crippen LogP contribution in [-0.4, -0.2) is 23.7 Å². The van der Waals surface area contributed by atoms with Crippen LogP contribution in [0.2, 0.25) is 0 Å². The number of rotatable bonds is 4. The number of carbonyl (C=O) groups excluding carboxylic acids is 2. The molecule has 4 nitrogen and oxygen atoms in total. The van der Waals surface area contributed by atoms with Crippen LogP contribution in [0.25, 0.3) is 0 Å². The van der Waals surface area contributed by atoms with E-state index in [2.05, 4.69) is 10.6 Å². The first kappa shape index (κ1) is 22.9. The van der Waals surface area contributed by atoms with Crippen molar-refractivity contribution in [1.29, 1.82) is 0 Å². The molecule has 0 aromatic carbocycles. The summed E-state index contributed by atoms with van der Waals surface area (Å²) < 4.78 is 0. The Morgan fingerprint density at radius 3 is 1.28 bits per heavy atom. The maximum atomic E-state index is 11.2. The molecule has 1 radical (unpaired) electrons. The van der Waals surface area contributed by atoms with Gasteiger partial charge in [-0.15, -0.1) is 0 Å². The van der Waals surface area contributed by atoms with Gasteiger partial charge < -0.3 is 10.6 Å². The molecule has 0 atom stereocenters. The molecule has 0 saturated heterocycles. The minimum atomic E-state index is 0. The zero-order valence-corrected chi connectivity index (χ0v) is 16.1. The average molecular weight is 385 g/mol. The van der Waals surface area contributed by atoms with Gasteiger partial charge in [-0.3, -0.25) is 9.59 Å². The molecular formula is C20H26CoN2O2. The van der Waals surface area contributed by atoms with Gasteiger partial charge in [0, 0.05) is 52.4 Å². The normalized spacial score (nSPS) is 18.5. The molecule has 5 heteroatoms. The maximum absolute atomic E-state index is 11.2. The smallest absolute Gasteiger partial charge is 0.187 e. The van der Waals surface area contributed by atoms with E-state index >= 15 is 0 Å². The van der Waals surface area contributed by atoms with Crippen molar-refractivity contribution in [3.8, 4) is 0 Å². The predicted octanol–water partition coefficient (Wildman–Crippen LogP) is 3.12. The standard InChI is InChI=1S/2C10H13NO.Co/c2*1-8(2)11-7-9-5-3-4-6-10(9)12;/h2*3-8,11H,1-2H3;/b2*9-7-;. The van der Waals surface area contributed by atoms with Crippen LogP contribution in [0.3, 0.4) is 0 Å². The Morgan fingerprint density at radius 2 is 1.00 bits per heavy atom. The van der Waals surface area contributed by atoms with Gasteiger partial charge in [-0.25, -0.2) is 0 Å². The van der Waals surface area contributed by atoms with Crippen molar-refractivity contribution in [2.45, 2.75) is 39.8 Å². The van der Waals surface area contributed by atoms with E-state index in [4.69, 9.17) is 0 Å². The van der Waals surface area contributed by atoms with Crippen molar-refractivity contribution in [2.75, 3.05) is 0 Å². The Labute approximate surface area is 160 Å². The second-order valence-corrected chi connectivity index (χ2v) is 6.01. The molecule has 0 amide bonds. The minimum Gasteiger partial charge on any atom is -0.388 e. The molecule has 0 aromatic heterocycles. The SMILES string of the molecule is CC(C)N/C=C1/C=CC=CC1=O.CC(C)N/C=C1/C=CC=CC1=O.[Co]. The molecule has 0 aromatic rings. The van der Waals surface area contributed by atoms with E-state index in [1.807, 2.05) is 39.8 Å². The molecule has 0 aliphatic heterocycles. The van der Waals surface area contributed by atoms with Gasteiger partial charge in [0.2, 0.25) is 0 Å². The monoisotopic (exact) mass is 385 g/mol. The molecule has 0 saturated carbocycles. The number of ketones is 2. The molecule has 2 rings (SSSR count). The van der Waals surface area contributed by atoms with Gasteiger partial charge >= 0.3 is 0 Å². The summed E-state index contributed by atoms with van der Waals surface area (Å²) in [6.07, 6.45) is 17.5. The van der Waals surface area contributed by atoms with Crippen molar-refractivity contribution < 1.29 is 26.4 Å². The molecular weight excluding hydrogens is 359 g/mol. The van der Waals surface area contributed by atoms with Gasteiger partial charge in [0.15, 0.2) is 11.6 Å². The van der Waals surface area contributed by atoms with E-state index in [1.165, 1.54) is 0 Å².